The van der Waals surface area contributed by atoms with E-state index in [1.54, 1.807) is 42.7 Å². The summed E-state index contributed by atoms with van der Waals surface area (Å²) in [5.41, 5.74) is 4.24. The predicted molar refractivity (Wildman–Crippen MR) is 130 cm³/mol. The molecule has 5 rings (SSSR count). The molecule has 1 aliphatic heterocycles. The number of allylic oxidation sites excluding steroid dienone is 1. The highest BCUT2D eigenvalue weighted by molar-refractivity contribution is 7.91. The molecule has 0 bridgehead atoms. The first-order chi connectivity index (χ1) is 16.2. The van der Waals surface area contributed by atoms with E-state index in [0.29, 0.717) is 40.9 Å². The van der Waals surface area contributed by atoms with Gasteiger partial charge in [-0.15, -0.1) is 0 Å². The van der Waals surface area contributed by atoms with Crippen LogP contribution >= 0.6 is 0 Å². The molecule has 1 aromatic carbocycles. The highest BCUT2D eigenvalue weighted by Gasteiger charge is 2.24. The molecule has 0 spiro atoms. The minimum absolute atomic E-state index is 0.0996. The SMILES string of the molecule is Cc1noc(C)c1-c1cnc2c(c1)c(C=C1CCS(=O)(=O)CC1)cn2S(=O)(=O)c1ccccc1. The van der Waals surface area contributed by atoms with Crippen molar-refractivity contribution in [3.63, 3.8) is 0 Å². The Morgan fingerprint density at radius 2 is 1.79 bits per heavy atom. The van der Waals surface area contributed by atoms with Gasteiger partial charge in [0.25, 0.3) is 10.0 Å². The van der Waals surface area contributed by atoms with E-state index >= 15 is 0 Å². The molecule has 8 nitrogen and oxygen atoms in total. The van der Waals surface area contributed by atoms with Crippen LogP contribution in [0.4, 0.5) is 0 Å². The second-order valence-corrected chi connectivity index (χ2v) is 12.6. The maximum atomic E-state index is 13.5. The summed E-state index contributed by atoms with van der Waals surface area (Å²) in [5.74, 6) is 0.845. The Hall–Kier alpha value is -3.24. The molecule has 34 heavy (non-hydrogen) atoms. The van der Waals surface area contributed by atoms with Crippen LogP contribution in [-0.2, 0) is 19.9 Å². The summed E-state index contributed by atoms with van der Waals surface area (Å²) in [6.07, 6.45) is 5.94. The lowest BCUT2D eigenvalue weighted by atomic mass is 10.0. The lowest BCUT2D eigenvalue weighted by Crippen LogP contribution is -2.17. The maximum Gasteiger partial charge on any atom is 0.269 e. The number of nitrogens with zero attached hydrogens (tertiary/aromatic N) is 3. The lowest BCUT2D eigenvalue weighted by molar-refractivity contribution is 0.393. The molecule has 4 aromatic rings. The van der Waals surface area contributed by atoms with Gasteiger partial charge in [-0.25, -0.2) is 25.8 Å². The molecule has 1 saturated heterocycles. The first-order valence-electron chi connectivity index (χ1n) is 10.8. The Bertz CT molecular complexity index is 1610. The van der Waals surface area contributed by atoms with Crippen molar-refractivity contribution in [1.82, 2.24) is 14.1 Å². The smallest absolute Gasteiger partial charge is 0.269 e. The summed E-state index contributed by atoms with van der Waals surface area (Å²) >= 11 is 0. The molecule has 0 amide bonds. The third-order valence-corrected chi connectivity index (χ3v) is 9.41. The first-order valence-corrected chi connectivity index (χ1v) is 14.1. The summed E-state index contributed by atoms with van der Waals surface area (Å²) in [5, 5.41) is 4.66. The van der Waals surface area contributed by atoms with Crippen molar-refractivity contribution in [3.8, 4) is 11.1 Å². The number of aryl methyl sites for hydroxylation is 2. The largest absolute Gasteiger partial charge is 0.361 e. The highest BCUT2D eigenvalue weighted by Crippen LogP contribution is 2.33. The number of hydrogen-bond donors (Lipinski definition) is 0. The van der Waals surface area contributed by atoms with Crippen molar-refractivity contribution in [3.05, 3.63) is 71.4 Å². The Balaban J connectivity index is 1.71. The van der Waals surface area contributed by atoms with E-state index in [-0.39, 0.29) is 16.4 Å². The number of sulfone groups is 1. The first kappa shape index (κ1) is 22.5. The van der Waals surface area contributed by atoms with Crippen LogP contribution in [0.3, 0.4) is 0 Å². The standard InChI is InChI=1S/C24H23N3O5S2/c1-16-23(17(2)32-26-16)19-13-22-20(12-18-8-10-33(28,29)11-9-18)15-27(24(22)25-14-19)34(30,31)21-6-4-3-5-7-21/h3-7,12-15H,8-11H2,1-2H3. The summed E-state index contributed by atoms with van der Waals surface area (Å²) in [6.45, 7) is 3.66. The van der Waals surface area contributed by atoms with Gasteiger partial charge in [0.2, 0.25) is 0 Å². The number of rotatable bonds is 4. The zero-order valence-corrected chi connectivity index (χ0v) is 20.4. The van der Waals surface area contributed by atoms with Crippen LogP contribution in [-0.4, -0.2) is 42.5 Å². The molecule has 4 heterocycles. The van der Waals surface area contributed by atoms with Crippen molar-refractivity contribution in [2.24, 2.45) is 0 Å². The van der Waals surface area contributed by atoms with Crippen LogP contribution in [0.2, 0.25) is 0 Å². The van der Waals surface area contributed by atoms with Crippen LogP contribution < -0.4 is 0 Å². The summed E-state index contributed by atoms with van der Waals surface area (Å²) < 4.78 is 57.1. The molecule has 3 aromatic heterocycles. The van der Waals surface area contributed by atoms with Crippen molar-refractivity contribution >= 4 is 37.0 Å². The molecular weight excluding hydrogens is 474 g/mol. The number of aromatic nitrogens is 3. The van der Waals surface area contributed by atoms with Crippen molar-refractivity contribution in [2.45, 2.75) is 31.6 Å². The van der Waals surface area contributed by atoms with Gasteiger partial charge in [-0.2, -0.15) is 0 Å². The fourth-order valence-electron chi connectivity index (χ4n) is 4.30. The van der Waals surface area contributed by atoms with E-state index in [9.17, 15) is 16.8 Å². The fraction of sp³-hybridized carbons (Fsp3) is 0.250. The van der Waals surface area contributed by atoms with Gasteiger partial charge in [-0.1, -0.05) is 35.0 Å². The zero-order chi connectivity index (χ0) is 24.1. The predicted octanol–water partition coefficient (Wildman–Crippen LogP) is 4.14. The maximum absolute atomic E-state index is 13.5. The number of fused-ring (bicyclic) bond motifs is 1. The van der Waals surface area contributed by atoms with E-state index in [1.165, 1.54) is 3.97 Å². The van der Waals surface area contributed by atoms with Gasteiger partial charge in [0.15, 0.2) is 15.5 Å². The number of pyridine rings is 1. The summed E-state index contributed by atoms with van der Waals surface area (Å²) in [6, 6.07) is 10.1. The van der Waals surface area contributed by atoms with Crippen molar-refractivity contribution < 1.29 is 21.4 Å². The average Bonchev–Trinajstić information content (AvgIpc) is 3.35. The molecule has 176 valence electrons. The number of benzene rings is 1. The Kier molecular flexibility index (Phi) is 5.44. The molecular formula is C24H23N3O5S2. The second-order valence-electron chi connectivity index (χ2n) is 8.45. The average molecular weight is 498 g/mol. The van der Waals surface area contributed by atoms with Gasteiger partial charge in [-0.3, -0.25) is 0 Å². The molecule has 10 heteroatoms. The van der Waals surface area contributed by atoms with Crippen LogP contribution in [0.5, 0.6) is 0 Å². The fourth-order valence-corrected chi connectivity index (χ4v) is 7.01. The van der Waals surface area contributed by atoms with Gasteiger partial charge in [0.1, 0.15) is 5.76 Å². The Morgan fingerprint density at radius 1 is 1.09 bits per heavy atom. The molecule has 0 radical (unpaired) electrons. The normalized spacial score (nSPS) is 16.1. The van der Waals surface area contributed by atoms with Crippen LogP contribution in [0.15, 0.2) is 63.8 Å². The molecule has 1 aliphatic rings. The third-order valence-electron chi connectivity index (χ3n) is 6.09. The minimum Gasteiger partial charge on any atom is -0.361 e. The van der Waals surface area contributed by atoms with Gasteiger partial charge in [0.05, 0.1) is 22.1 Å². The minimum atomic E-state index is -3.89. The number of hydrogen-bond acceptors (Lipinski definition) is 7. The Labute approximate surface area is 197 Å². The van der Waals surface area contributed by atoms with Gasteiger partial charge < -0.3 is 4.52 Å². The molecule has 0 saturated carbocycles. The lowest BCUT2D eigenvalue weighted by Gasteiger charge is -2.14. The van der Waals surface area contributed by atoms with Gasteiger partial charge in [-0.05, 0) is 44.9 Å². The van der Waals surface area contributed by atoms with Crippen molar-refractivity contribution in [2.75, 3.05) is 11.5 Å². The van der Waals surface area contributed by atoms with E-state index in [0.717, 1.165) is 16.7 Å². The second kappa shape index (κ2) is 8.21. The van der Waals surface area contributed by atoms with Crippen LogP contribution in [0.25, 0.3) is 28.2 Å². The quantitative estimate of drug-likeness (QED) is 0.416. The van der Waals surface area contributed by atoms with Crippen LogP contribution in [0, 0.1) is 13.8 Å². The van der Waals surface area contributed by atoms with E-state index in [4.69, 9.17) is 4.52 Å². The molecule has 0 N–H and O–H groups in total. The molecule has 0 atom stereocenters. The van der Waals surface area contributed by atoms with Crippen molar-refractivity contribution in [1.29, 1.82) is 0 Å². The van der Waals surface area contributed by atoms with E-state index < -0.39 is 19.9 Å². The van der Waals surface area contributed by atoms with Gasteiger partial charge >= 0.3 is 0 Å². The molecule has 1 fully saturated rings. The summed E-state index contributed by atoms with van der Waals surface area (Å²) in [4.78, 5) is 4.70. The molecule has 0 unspecified atom stereocenters. The van der Waals surface area contributed by atoms with E-state index in [2.05, 4.69) is 10.1 Å². The van der Waals surface area contributed by atoms with Gasteiger partial charge in [0, 0.05) is 34.5 Å². The Morgan fingerprint density at radius 3 is 2.44 bits per heavy atom. The third kappa shape index (κ3) is 3.97. The molecule has 0 aliphatic carbocycles. The zero-order valence-electron chi connectivity index (χ0n) is 18.7. The topological polar surface area (TPSA) is 112 Å². The highest BCUT2D eigenvalue weighted by atomic mass is 32.2. The monoisotopic (exact) mass is 497 g/mol. The summed E-state index contributed by atoms with van der Waals surface area (Å²) in [7, 11) is -6.91. The van der Waals surface area contributed by atoms with Crippen LogP contribution in [0.1, 0.15) is 29.9 Å². The van der Waals surface area contributed by atoms with E-state index in [1.807, 2.05) is 26.0 Å².